The van der Waals surface area contributed by atoms with Crippen LogP contribution in [0.2, 0.25) is 0 Å². The first-order chi connectivity index (χ1) is 8.79. The Balaban J connectivity index is 2.00. The van der Waals surface area contributed by atoms with Crippen LogP contribution in [-0.4, -0.2) is 46.0 Å². The molecule has 5 nitrogen and oxygen atoms in total. The van der Waals surface area contributed by atoms with Crippen LogP contribution in [0.25, 0.3) is 10.2 Å². The number of hydrogen-bond donors (Lipinski definition) is 0. The summed E-state index contributed by atoms with van der Waals surface area (Å²) < 4.78 is 9.92. The normalized spacial score (nSPS) is 20.6. The molecular formula is C11H13ClN4OS. The van der Waals surface area contributed by atoms with Crippen LogP contribution in [0.4, 0.5) is 5.82 Å². The number of rotatable bonds is 2. The van der Waals surface area contributed by atoms with Crippen LogP contribution >= 0.6 is 23.1 Å². The molecule has 2 aromatic rings. The summed E-state index contributed by atoms with van der Waals surface area (Å²) in [6, 6.07) is 0. The van der Waals surface area contributed by atoms with Crippen molar-refractivity contribution in [3.8, 4) is 0 Å². The van der Waals surface area contributed by atoms with Gasteiger partial charge in [0.1, 0.15) is 17.0 Å². The molecule has 2 aromatic heterocycles. The Morgan fingerprint density at radius 2 is 2.44 bits per heavy atom. The number of aromatic nitrogens is 3. The van der Waals surface area contributed by atoms with E-state index in [-0.39, 0.29) is 6.10 Å². The summed E-state index contributed by atoms with van der Waals surface area (Å²) in [6.45, 7) is 4.27. The van der Waals surface area contributed by atoms with E-state index in [4.69, 9.17) is 16.3 Å². The molecule has 1 atom stereocenters. The first-order valence-corrected chi connectivity index (χ1v) is 7.10. The van der Waals surface area contributed by atoms with Gasteiger partial charge in [-0.05, 0) is 18.5 Å². The number of nitrogens with zero attached hydrogens (tertiary/aromatic N) is 4. The predicted octanol–water partition coefficient (Wildman–Crippen LogP) is 1.84. The Hall–Kier alpha value is -0.980. The minimum absolute atomic E-state index is 0.0670. The molecule has 0 aliphatic carbocycles. The lowest BCUT2D eigenvalue weighted by molar-refractivity contribution is 0.0553. The summed E-state index contributed by atoms with van der Waals surface area (Å²) in [7, 11) is 0. The molecule has 0 aromatic carbocycles. The van der Waals surface area contributed by atoms with E-state index in [0.717, 1.165) is 34.8 Å². The van der Waals surface area contributed by atoms with Crippen LogP contribution in [0, 0.1) is 6.92 Å². The second-order valence-corrected chi connectivity index (χ2v) is 5.30. The van der Waals surface area contributed by atoms with Gasteiger partial charge in [0.2, 0.25) is 0 Å². The van der Waals surface area contributed by atoms with Crippen LogP contribution in [0.15, 0.2) is 6.33 Å². The summed E-state index contributed by atoms with van der Waals surface area (Å²) in [5, 5.41) is 1.05. The molecule has 18 heavy (non-hydrogen) atoms. The van der Waals surface area contributed by atoms with Crippen LogP contribution in [0.5, 0.6) is 0 Å². The molecular weight excluding hydrogens is 272 g/mol. The Labute approximate surface area is 114 Å². The van der Waals surface area contributed by atoms with Gasteiger partial charge in [-0.1, -0.05) is 0 Å². The molecule has 3 heterocycles. The third kappa shape index (κ3) is 2.04. The van der Waals surface area contributed by atoms with E-state index < -0.39 is 0 Å². The van der Waals surface area contributed by atoms with Gasteiger partial charge in [-0.15, -0.1) is 11.6 Å². The number of aryl methyl sites for hydroxylation is 1. The zero-order valence-electron chi connectivity index (χ0n) is 9.97. The molecule has 0 saturated carbocycles. The lowest BCUT2D eigenvalue weighted by Crippen LogP contribution is -2.43. The molecule has 1 saturated heterocycles. The van der Waals surface area contributed by atoms with Crippen molar-refractivity contribution in [1.82, 2.24) is 14.3 Å². The zero-order valence-corrected chi connectivity index (χ0v) is 11.5. The minimum atomic E-state index is 0.0670. The van der Waals surface area contributed by atoms with E-state index in [1.54, 1.807) is 6.33 Å². The lowest BCUT2D eigenvalue weighted by Gasteiger charge is -2.33. The maximum Gasteiger partial charge on any atom is 0.149 e. The molecule has 0 spiro atoms. The minimum Gasteiger partial charge on any atom is -0.373 e. The Morgan fingerprint density at radius 3 is 3.28 bits per heavy atom. The highest BCUT2D eigenvalue weighted by atomic mass is 35.5. The lowest BCUT2D eigenvalue weighted by atomic mass is 10.2. The smallest absolute Gasteiger partial charge is 0.149 e. The number of ether oxygens (including phenoxy) is 1. The van der Waals surface area contributed by atoms with Crippen LogP contribution in [0.1, 0.15) is 5.69 Å². The van der Waals surface area contributed by atoms with Crippen molar-refractivity contribution in [2.45, 2.75) is 13.0 Å². The van der Waals surface area contributed by atoms with Gasteiger partial charge in [-0.25, -0.2) is 9.97 Å². The molecule has 0 N–H and O–H groups in total. The highest BCUT2D eigenvalue weighted by Crippen LogP contribution is 2.29. The highest BCUT2D eigenvalue weighted by Gasteiger charge is 2.23. The fourth-order valence-electron chi connectivity index (χ4n) is 2.15. The summed E-state index contributed by atoms with van der Waals surface area (Å²) >= 11 is 7.28. The third-order valence-electron chi connectivity index (χ3n) is 3.03. The number of alkyl halides is 1. The van der Waals surface area contributed by atoms with Crippen LogP contribution in [-0.2, 0) is 4.74 Å². The molecule has 1 fully saturated rings. The maximum absolute atomic E-state index is 5.87. The molecule has 0 radical (unpaired) electrons. The quantitative estimate of drug-likeness (QED) is 0.788. The van der Waals surface area contributed by atoms with Crippen molar-refractivity contribution >= 4 is 39.2 Å². The molecule has 1 aliphatic heterocycles. The van der Waals surface area contributed by atoms with Crippen molar-refractivity contribution in [2.24, 2.45) is 0 Å². The molecule has 3 rings (SSSR count). The van der Waals surface area contributed by atoms with E-state index in [2.05, 4.69) is 19.2 Å². The number of halogens is 1. The third-order valence-corrected chi connectivity index (χ3v) is 4.23. The van der Waals surface area contributed by atoms with Crippen molar-refractivity contribution in [2.75, 3.05) is 30.5 Å². The first kappa shape index (κ1) is 12.1. The molecule has 0 bridgehead atoms. The van der Waals surface area contributed by atoms with Crippen LogP contribution in [0.3, 0.4) is 0 Å². The monoisotopic (exact) mass is 284 g/mol. The van der Waals surface area contributed by atoms with E-state index in [1.165, 1.54) is 11.5 Å². The van der Waals surface area contributed by atoms with Crippen molar-refractivity contribution in [1.29, 1.82) is 0 Å². The summed E-state index contributed by atoms with van der Waals surface area (Å²) in [6.07, 6.45) is 1.66. The second-order valence-electron chi connectivity index (χ2n) is 4.24. The van der Waals surface area contributed by atoms with Crippen molar-refractivity contribution in [3.05, 3.63) is 12.0 Å². The van der Waals surface area contributed by atoms with E-state index in [9.17, 15) is 0 Å². The van der Waals surface area contributed by atoms with E-state index >= 15 is 0 Å². The van der Waals surface area contributed by atoms with Gasteiger partial charge in [0.05, 0.1) is 29.7 Å². The predicted molar refractivity (Wildman–Crippen MR) is 72.6 cm³/mol. The van der Waals surface area contributed by atoms with Gasteiger partial charge >= 0.3 is 0 Å². The first-order valence-electron chi connectivity index (χ1n) is 5.79. The zero-order chi connectivity index (χ0) is 12.5. The van der Waals surface area contributed by atoms with Crippen molar-refractivity contribution in [3.63, 3.8) is 0 Å². The Morgan fingerprint density at radius 1 is 1.56 bits per heavy atom. The average molecular weight is 285 g/mol. The van der Waals surface area contributed by atoms with Gasteiger partial charge in [-0.2, -0.15) is 4.37 Å². The maximum atomic E-state index is 5.87. The standard InChI is InChI=1S/C11H13ClN4OS/c1-7-9-10(13-6-14-11(9)18-15-7)16-2-3-17-8(4-12)5-16/h6,8H,2-5H2,1H3. The number of anilines is 1. The van der Waals surface area contributed by atoms with Crippen LogP contribution < -0.4 is 4.90 Å². The van der Waals surface area contributed by atoms with Gasteiger partial charge in [0.25, 0.3) is 0 Å². The number of fused-ring (bicyclic) bond motifs is 1. The van der Waals surface area contributed by atoms with Gasteiger partial charge in [0, 0.05) is 13.1 Å². The molecule has 1 aliphatic rings. The Kier molecular flexibility index (Phi) is 3.32. The summed E-state index contributed by atoms with van der Waals surface area (Å²) in [5.41, 5.74) is 0.986. The molecule has 96 valence electrons. The van der Waals surface area contributed by atoms with Gasteiger partial charge in [-0.3, -0.25) is 0 Å². The van der Waals surface area contributed by atoms with Crippen molar-refractivity contribution < 1.29 is 4.74 Å². The van der Waals surface area contributed by atoms with Gasteiger partial charge < -0.3 is 9.64 Å². The fourth-order valence-corrected chi connectivity index (χ4v) is 3.07. The fraction of sp³-hybridized carbons (Fsp3) is 0.545. The number of hydrogen-bond acceptors (Lipinski definition) is 6. The average Bonchev–Trinajstić information content (AvgIpc) is 2.81. The largest absolute Gasteiger partial charge is 0.373 e. The van der Waals surface area contributed by atoms with E-state index in [1.807, 2.05) is 6.92 Å². The second kappa shape index (κ2) is 4.95. The van der Waals surface area contributed by atoms with E-state index in [0.29, 0.717) is 12.5 Å². The summed E-state index contributed by atoms with van der Waals surface area (Å²) in [5.74, 6) is 1.45. The van der Waals surface area contributed by atoms with Gasteiger partial charge in [0.15, 0.2) is 0 Å². The number of morpholine rings is 1. The highest BCUT2D eigenvalue weighted by molar-refractivity contribution is 7.13. The summed E-state index contributed by atoms with van der Waals surface area (Å²) in [4.78, 5) is 11.8. The topological polar surface area (TPSA) is 51.1 Å². The molecule has 7 heteroatoms. The SMILES string of the molecule is Cc1nsc2ncnc(N3CCOC(CCl)C3)c12. The Bertz CT molecular complexity index is 561. The molecule has 1 unspecified atom stereocenters. The molecule has 0 amide bonds.